The number of allylic oxidation sites excluding steroid dienone is 4. The third kappa shape index (κ3) is 2.12. The second-order valence-corrected chi connectivity index (χ2v) is 11.2. The van der Waals surface area contributed by atoms with E-state index in [1.807, 2.05) is 0 Å². The van der Waals surface area contributed by atoms with Crippen molar-refractivity contribution in [2.45, 2.75) is 58.9 Å². The van der Waals surface area contributed by atoms with Crippen LogP contribution in [0.5, 0.6) is 0 Å². The molecule has 0 radical (unpaired) electrons. The zero-order valence-corrected chi connectivity index (χ0v) is 20.4. The van der Waals surface area contributed by atoms with E-state index < -0.39 is 0 Å². The molecule has 4 aromatic rings. The molecule has 1 aliphatic heterocycles. The quantitative estimate of drug-likeness (QED) is 0.253. The number of fused-ring (bicyclic) bond motifs is 4. The maximum atomic E-state index is 2.63. The average Bonchev–Trinajstić information content (AvgIpc) is 3.05. The molecule has 0 N–H and O–H groups in total. The molecule has 162 valence electrons. The van der Waals surface area contributed by atoms with Crippen LogP contribution in [-0.2, 0) is 11.0 Å². The van der Waals surface area contributed by atoms with Crippen molar-refractivity contribution in [1.29, 1.82) is 0 Å². The maximum absolute atomic E-state index is 2.63. The van der Waals surface area contributed by atoms with Gasteiger partial charge in [-0.15, -0.1) is 0 Å². The van der Waals surface area contributed by atoms with E-state index >= 15 is 0 Å². The molecule has 33 heavy (non-hydrogen) atoms. The number of hydrogen-bond donors (Lipinski definition) is 0. The van der Waals surface area contributed by atoms with Crippen LogP contribution in [0, 0.1) is 6.92 Å². The average molecular weight is 429 g/mol. The molecule has 0 saturated heterocycles. The van der Waals surface area contributed by atoms with E-state index in [9.17, 15) is 0 Å². The third-order valence-corrected chi connectivity index (χ3v) is 8.91. The smallest absolute Gasteiger partial charge is 0.184 e. The lowest BCUT2D eigenvalue weighted by Gasteiger charge is -2.33. The monoisotopic (exact) mass is 428 g/mol. The van der Waals surface area contributed by atoms with Gasteiger partial charge in [-0.25, -0.2) is 0 Å². The number of nitrogens with zero attached hydrogens (tertiary/aromatic N) is 1. The van der Waals surface area contributed by atoms with Crippen LogP contribution in [0.2, 0.25) is 0 Å². The lowest BCUT2D eigenvalue weighted by Crippen LogP contribution is -2.54. The molecule has 1 spiro atoms. The summed E-state index contributed by atoms with van der Waals surface area (Å²) in [6.45, 7) is 14.0. The number of aryl methyl sites for hydroxylation is 1. The normalized spacial score (nSPS) is 21.9. The highest BCUT2D eigenvalue weighted by molar-refractivity contribution is 6.06. The lowest BCUT2D eigenvalue weighted by atomic mass is 9.67. The van der Waals surface area contributed by atoms with Crippen LogP contribution in [0.4, 0.5) is 0 Å². The molecule has 1 nitrogen and oxygen atoms in total. The second kappa shape index (κ2) is 5.83. The van der Waals surface area contributed by atoms with Crippen molar-refractivity contribution in [1.82, 2.24) is 0 Å². The summed E-state index contributed by atoms with van der Waals surface area (Å²) in [6.07, 6.45) is 5.97. The topological polar surface area (TPSA) is 3.88 Å². The fourth-order valence-corrected chi connectivity index (χ4v) is 7.14. The van der Waals surface area contributed by atoms with Gasteiger partial charge >= 0.3 is 0 Å². The SMILES string of the molecule is CC1=CC2(CC(C)=C1C)c1c3c(cc4ccccc14)C(C)(C)c1cc(C)cc4cc[n+]2c-3c14. The van der Waals surface area contributed by atoms with Gasteiger partial charge in [-0.3, -0.25) is 0 Å². The van der Waals surface area contributed by atoms with Crippen molar-refractivity contribution in [3.8, 4) is 11.3 Å². The first kappa shape index (κ1) is 19.3. The number of hydrogen-bond acceptors (Lipinski definition) is 0. The van der Waals surface area contributed by atoms with E-state index in [0.717, 1.165) is 6.42 Å². The van der Waals surface area contributed by atoms with Gasteiger partial charge in [0.15, 0.2) is 6.20 Å². The van der Waals surface area contributed by atoms with Gasteiger partial charge in [0.25, 0.3) is 0 Å². The van der Waals surface area contributed by atoms with Crippen LogP contribution in [0.3, 0.4) is 0 Å². The van der Waals surface area contributed by atoms with Gasteiger partial charge in [-0.05, 0) is 78.3 Å². The van der Waals surface area contributed by atoms with E-state index in [1.165, 1.54) is 71.8 Å². The molecule has 3 aromatic carbocycles. The minimum absolute atomic E-state index is 0.0513. The van der Waals surface area contributed by atoms with Crippen LogP contribution in [-0.4, -0.2) is 0 Å². The summed E-state index contributed by atoms with van der Waals surface area (Å²) in [6, 6.07) is 18.7. The number of rotatable bonds is 0. The summed E-state index contributed by atoms with van der Waals surface area (Å²) in [5, 5.41) is 5.57. The Hall–Kier alpha value is -3.19. The summed E-state index contributed by atoms with van der Waals surface area (Å²) in [5.41, 5.74) is 12.8. The Morgan fingerprint density at radius 3 is 2.42 bits per heavy atom. The van der Waals surface area contributed by atoms with Gasteiger partial charge in [0.1, 0.15) is 0 Å². The lowest BCUT2D eigenvalue weighted by molar-refractivity contribution is -0.725. The predicted molar refractivity (Wildman–Crippen MR) is 138 cm³/mol. The first-order valence-electron chi connectivity index (χ1n) is 12.2. The van der Waals surface area contributed by atoms with E-state index in [1.54, 1.807) is 0 Å². The summed E-state index contributed by atoms with van der Waals surface area (Å²) in [7, 11) is 0. The van der Waals surface area contributed by atoms with Crippen LogP contribution >= 0.6 is 0 Å². The third-order valence-electron chi connectivity index (χ3n) is 8.91. The molecule has 0 bridgehead atoms. The number of benzene rings is 3. The minimum Gasteiger partial charge on any atom is -0.184 e. The van der Waals surface area contributed by atoms with Crippen molar-refractivity contribution in [3.63, 3.8) is 0 Å². The molecule has 7 rings (SSSR count). The standard InChI is InChI=1S/C32H30N/c1-18-13-23-11-12-33-30-27(23)25(14-18)31(5,6)26-15-22-9-7-8-10-24(22)29(28(26)30)32(33)16-19(2)21(4)20(3)17-32/h7-16H,17H2,1-6H3/q+1. The first-order valence-corrected chi connectivity index (χ1v) is 12.2. The summed E-state index contributed by atoms with van der Waals surface area (Å²) >= 11 is 0. The largest absolute Gasteiger partial charge is 0.222 e. The first-order chi connectivity index (χ1) is 15.7. The van der Waals surface area contributed by atoms with Gasteiger partial charge in [0, 0.05) is 23.5 Å². The van der Waals surface area contributed by atoms with Crippen LogP contribution in [0.1, 0.15) is 63.3 Å². The maximum Gasteiger partial charge on any atom is 0.222 e. The molecular weight excluding hydrogens is 398 g/mol. The highest BCUT2D eigenvalue weighted by Crippen LogP contribution is 2.57. The molecule has 1 heteroatoms. The predicted octanol–water partition coefficient (Wildman–Crippen LogP) is 7.64. The summed E-state index contributed by atoms with van der Waals surface area (Å²) < 4.78 is 2.63. The van der Waals surface area contributed by atoms with E-state index in [2.05, 4.69) is 107 Å². The van der Waals surface area contributed by atoms with Gasteiger partial charge in [-0.2, -0.15) is 4.57 Å². The van der Waals surface area contributed by atoms with Crippen molar-refractivity contribution in [2.24, 2.45) is 0 Å². The Kier molecular flexibility index (Phi) is 3.41. The Balaban J connectivity index is 1.78. The molecule has 2 heterocycles. The molecule has 0 fully saturated rings. The van der Waals surface area contributed by atoms with E-state index in [-0.39, 0.29) is 11.0 Å². The van der Waals surface area contributed by atoms with E-state index in [4.69, 9.17) is 0 Å². The molecule has 1 aromatic heterocycles. The van der Waals surface area contributed by atoms with Gasteiger partial charge in [0.05, 0.1) is 10.9 Å². The molecule has 0 amide bonds. The van der Waals surface area contributed by atoms with Crippen LogP contribution in [0.25, 0.3) is 32.8 Å². The summed E-state index contributed by atoms with van der Waals surface area (Å²) in [5.74, 6) is 0. The highest BCUT2D eigenvalue weighted by atomic mass is 15.1. The molecule has 1 unspecified atom stereocenters. The summed E-state index contributed by atoms with van der Waals surface area (Å²) in [4.78, 5) is 0. The zero-order valence-electron chi connectivity index (χ0n) is 20.4. The fourth-order valence-electron chi connectivity index (χ4n) is 7.14. The van der Waals surface area contributed by atoms with Crippen LogP contribution in [0.15, 0.2) is 77.5 Å². The van der Waals surface area contributed by atoms with Crippen LogP contribution < -0.4 is 4.57 Å². The Labute approximate surface area is 196 Å². The minimum atomic E-state index is -0.176. The van der Waals surface area contributed by atoms with Crippen molar-refractivity contribution >= 4 is 21.5 Å². The Morgan fingerprint density at radius 2 is 1.64 bits per heavy atom. The Morgan fingerprint density at radius 1 is 0.848 bits per heavy atom. The number of pyridine rings is 1. The molecular formula is C32H30N+. The van der Waals surface area contributed by atoms with Gasteiger partial charge in [0.2, 0.25) is 11.2 Å². The van der Waals surface area contributed by atoms with Gasteiger partial charge in [-0.1, -0.05) is 61.4 Å². The molecule has 0 saturated carbocycles. The van der Waals surface area contributed by atoms with E-state index in [0.29, 0.717) is 0 Å². The molecule has 1 atom stereocenters. The second-order valence-electron chi connectivity index (χ2n) is 11.2. The highest BCUT2D eigenvalue weighted by Gasteiger charge is 2.56. The molecule has 3 aliphatic rings. The van der Waals surface area contributed by atoms with Crippen molar-refractivity contribution < 1.29 is 4.57 Å². The van der Waals surface area contributed by atoms with Crippen molar-refractivity contribution in [3.05, 3.63) is 99.8 Å². The Bertz CT molecular complexity index is 1640. The van der Waals surface area contributed by atoms with Gasteiger partial charge < -0.3 is 0 Å². The fraction of sp³-hybridized carbons (Fsp3) is 0.281. The number of aromatic nitrogens is 1. The van der Waals surface area contributed by atoms with Crippen molar-refractivity contribution in [2.75, 3.05) is 0 Å². The molecule has 2 aliphatic carbocycles. The zero-order chi connectivity index (χ0) is 22.9.